The lowest BCUT2D eigenvalue weighted by Gasteiger charge is -2.33. The van der Waals surface area contributed by atoms with Gasteiger partial charge in [0.25, 0.3) is 0 Å². The van der Waals surface area contributed by atoms with Gasteiger partial charge in [0, 0.05) is 26.6 Å². The number of halogens is 1. The van der Waals surface area contributed by atoms with Crippen LogP contribution in [-0.4, -0.2) is 68.2 Å². The maximum absolute atomic E-state index is 14.9. The third kappa shape index (κ3) is 3.86. The number of piperidine rings is 1. The Morgan fingerprint density at radius 3 is 2.90 bits per heavy atom. The van der Waals surface area contributed by atoms with E-state index in [9.17, 15) is 18.8 Å². The van der Waals surface area contributed by atoms with Crippen LogP contribution in [0.4, 0.5) is 20.6 Å². The smallest absolute Gasteiger partial charge is 0.414 e. The minimum Gasteiger partial charge on any atom is -0.442 e. The summed E-state index contributed by atoms with van der Waals surface area (Å²) >= 11 is 0. The highest BCUT2D eigenvalue weighted by Gasteiger charge is 2.39. The quantitative estimate of drug-likeness (QED) is 0.749. The fourth-order valence-electron chi connectivity index (χ4n) is 4.56. The van der Waals surface area contributed by atoms with E-state index in [-0.39, 0.29) is 25.0 Å². The molecule has 3 atom stereocenters. The fraction of sp³-hybridized carbons (Fsp3) is 0.550. The number of anilines is 2. The van der Waals surface area contributed by atoms with Crippen molar-refractivity contribution in [3.05, 3.63) is 24.0 Å². The summed E-state index contributed by atoms with van der Waals surface area (Å²) in [5.41, 5.74) is 0.907. The number of hydrogen-bond acceptors (Lipinski definition) is 5. The minimum atomic E-state index is -0.554. The van der Waals surface area contributed by atoms with Crippen molar-refractivity contribution < 1.29 is 23.5 Å². The van der Waals surface area contributed by atoms with Crippen LogP contribution in [0.15, 0.2) is 18.2 Å². The Morgan fingerprint density at radius 2 is 2.17 bits per heavy atom. The van der Waals surface area contributed by atoms with E-state index in [4.69, 9.17) is 4.74 Å². The summed E-state index contributed by atoms with van der Waals surface area (Å²) in [7, 11) is 0. The van der Waals surface area contributed by atoms with Gasteiger partial charge < -0.3 is 19.9 Å². The van der Waals surface area contributed by atoms with Crippen LogP contribution in [0, 0.1) is 11.7 Å². The molecule has 9 heteroatoms. The SMILES string of the molecule is CC(=O)NCC1CN(c2ccc(N3CC4CCCN(C=O)[C@H]4C3)c(F)c2)C(=O)O1. The van der Waals surface area contributed by atoms with E-state index in [1.807, 2.05) is 9.80 Å². The van der Waals surface area contributed by atoms with Gasteiger partial charge in [0.1, 0.15) is 11.9 Å². The number of fused-ring (bicyclic) bond motifs is 1. The topological polar surface area (TPSA) is 82.2 Å². The first kappa shape index (κ1) is 19.5. The summed E-state index contributed by atoms with van der Waals surface area (Å²) in [6, 6.07) is 4.86. The van der Waals surface area contributed by atoms with Crippen molar-refractivity contribution in [3.8, 4) is 0 Å². The molecule has 3 amide bonds. The third-order valence-corrected chi connectivity index (χ3v) is 6.00. The zero-order chi connectivity index (χ0) is 20.5. The Balaban J connectivity index is 1.45. The van der Waals surface area contributed by atoms with Gasteiger partial charge in [-0.15, -0.1) is 0 Å². The Morgan fingerprint density at radius 1 is 1.34 bits per heavy atom. The molecule has 2 unspecified atom stereocenters. The first-order chi connectivity index (χ1) is 14.0. The molecule has 0 aromatic heterocycles. The van der Waals surface area contributed by atoms with Crippen LogP contribution in [-0.2, 0) is 14.3 Å². The molecular weight excluding hydrogens is 379 g/mol. The van der Waals surface area contributed by atoms with Crippen LogP contribution in [0.1, 0.15) is 19.8 Å². The monoisotopic (exact) mass is 404 g/mol. The molecule has 3 saturated heterocycles. The second kappa shape index (κ2) is 7.88. The molecule has 0 radical (unpaired) electrons. The lowest BCUT2D eigenvalue weighted by atomic mass is 9.93. The molecule has 0 spiro atoms. The molecule has 3 aliphatic heterocycles. The standard InChI is InChI=1S/C20H25FN4O4/c1-13(27)22-8-16-10-25(20(28)29-16)15-4-5-18(17(21)7-15)24-9-14-3-2-6-23(12-26)19(14)11-24/h4-5,7,12,14,16,19H,2-3,6,8-11H2,1H3,(H,22,27)/t14?,16?,19-/m0/s1. The van der Waals surface area contributed by atoms with Crippen LogP contribution in [0.5, 0.6) is 0 Å². The number of carbonyl (C=O) groups is 3. The molecule has 3 fully saturated rings. The highest BCUT2D eigenvalue weighted by Crippen LogP contribution is 2.35. The van der Waals surface area contributed by atoms with Crippen LogP contribution in [0.25, 0.3) is 0 Å². The molecule has 0 saturated carbocycles. The van der Waals surface area contributed by atoms with E-state index < -0.39 is 18.0 Å². The van der Waals surface area contributed by atoms with Crippen molar-refractivity contribution in [2.45, 2.75) is 31.9 Å². The minimum absolute atomic E-state index is 0.128. The van der Waals surface area contributed by atoms with Crippen molar-refractivity contribution in [2.24, 2.45) is 5.92 Å². The predicted octanol–water partition coefficient (Wildman–Crippen LogP) is 1.34. The molecule has 1 aromatic rings. The third-order valence-electron chi connectivity index (χ3n) is 6.00. The predicted molar refractivity (Wildman–Crippen MR) is 104 cm³/mol. The maximum Gasteiger partial charge on any atom is 0.414 e. The summed E-state index contributed by atoms with van der Waals surface area (Å²) in [6.45, 7) is 3.96. The van der Waals surface area contributed by atoms with Crippen molar-refractivity contribution in [1.82, 2.24) is 10.2 Å². The zero-order valence-electron chi connectivity index (χ0n) is 16.3. The van der Waals surface area contributed by atoms with Crippen LogP contribution < -0.4 is 15.1 Å². The Labute approximate surface area is 168 Å². The highest BCUT2D eigenvalue weighted by atomic mass is 19.1. The maximum atomic E-state index is 14.9. The van der Waals surface area contributed by atoms with Gasteiger partial charge in [0.2, 0.25) is 12.3 Å². The van der Waals surface area contributed by atoms with E-state index in [2.05, 4.69) is 5.32 Å². The molecule has 3 heterocycles. The van der Waals surface area contributed by atoms with Gasteiger partial charge >= 0.3 is 6.09 Å². The Hall–Kier alpha value is -2.84. The van der Waals surface area contributed by atoms with Gasteiger partial charge in [-0.25, -0.2) is 9.18 Å². The van der Waals surface area contributed by atoms with E-state index >= 15 is 0 Å². The molecular formula is C20H25FN4O4. The molecule has 156 valence electrons. The van der Waals surface area contributed by atoms with Gasteiger partial charge in [-0.3, -0.25) is 14.5 Å². The van der Waals surface area contributed by atoms with Crippen LogP contribution in [0.2, 0.25) is 0 Å². The van der Waals surface area contributed by atoms with Gasteiger partial charge in [-0.2, -0.15) is 0 Å². The van der Waals surface area contributed by atoms with Crippen LogP contribution in [0.3, 0.4) is 0 Å². The normalized spacial score (nSPS) is 26.3. The highest BCUT2D eigenvalue weighted by molar-refractivity contribution is 5.90. The molecule has 29 heavy (non-hydrogen) atoms. The molecule has 0 bridgehead atoms. The van der Waals surface area contributed by atoms with E-state index in [1.54, 1.807) is 12.1 Å². The largest absolute Gasteiger partial charge is 0.442 e. The van der Waals surface area contributed by atoms with E-state index in [0.717, 1.165) is 32.3 Å². The molecule has 1 N–H and O–H groups in total. The fourth-order valence-corrected chi connectivity index (χ4v) is 4.56. The number of nitrogens with one attached hydrogen (secondary N) is 1. The number of hydrogen-bond donors (Lipinski definition) is 1. The van der Waals surface area contributed by atoms with Gasteiger partial charge in [-0.1, -0.05) is 0 Å². The van der Waals surface area contributed by atoms with Gasteiger partial charge in [0.15, 0.2) is 0 Å². The number of likely N-dealkylation sites (tertiary alicyclic amines) is 1. The second-order valence-corrected chi connectivity index (χ2v) is 7.91. The van der Waals surface area contributed by atoms with Crippen LogP contribution >= 0.6 is 0 Å². The molecule has 0 aliphatic carbocycles. The average Bonchev–Trinajstić information content (AvgIpc) is 3.29. The summed E-state index contributed by atoms with van der Waals surface area (Å²) in [6.07, 6.45) is 1.90. The first-order valence-corrected chi connectivity index (χ1v) is 9.94. The van der Waals surface area contributed by atoms with Crippen molar-refractivity contribution in [2.75, 3.05) is 42.5 Å². The molecule has 8 nitrogen and oxygen atoms in total. The summed E-state index contributed by atoms with van der Waals surface area (Å²) in [5.74, 6) is -0.248. The number of amides is 3. The Bertz CT molecular complexity index is 820. The van der Waals surface area contributed by atoms with Gasteiger partial charge in [0.05, 0.1) is 30.5 Å². The van der Waals surface area contributed by atoms with Crippen molar-refractivity contribution >= 4 is 29.8 Å². The summed E-state index contributed by atoms with van der Waals surface area (Å²) in [5, 5.41) is 2.62. The molecule has 3 aliphatic rings. The summed E-state index contributed by atoms with van der Waals surface area (Å²) in [4.78, 5) is 39.7. The number of carbonyl (C=O) groups excluding carboxylic acids is 3. The lowest BCUT2D eigenvalue weighted by molar-refractivity contribution is -0.122. The number of ether oxygens (including phenoxy) is 1. The molecule has 1 aromatic carbocycles. The Kier molecular flexibility index (Phi) is 5.29. The second-order valence-electron chi connectivity index (χ2n) is 7.91. The number of benzene rings is 1. The average molecular weight is 404 g/mol. The lowest BCUT2D eigenvalue weighted by Crippen LogP contribution is -2.44. The van der Waals surface area contributed by atoms with Gasteiger partial charge in [-0.05, 0) is 37.0 Å². The summed E-state index contributed by atoms with van der Waals surface area (Å²) < 4.78 is 20.2. The number of nitrogens with zero attached hydrogens (tertiary/aromatic N) is 3. The number of rotatable bonds is 5. The van der Waals surface area contributed by atoms with Crippen molar-refractivity contribution in [1.29, 1.82) is 0 Å². The molecule has 4 rings (SSSR count). The van der Waals surface area contributed by atoms with E-state index in [0.29, 0.717) is 23.8 Å². The zero-order valence-corrected chi connectivity index (χ0v) is 16.3. The number of cyclic esters (lactones) is 1. The first-order valence-electron chi connectivity index (χ1n) is 9.94. The van der Waals surface area contributed by atoms with E-state index in [1.165, 1.54) is 17.9 Å². The van der Waals surface area contributed by atoms with Crippen molar-refractivity contribution in [3.63, 3.8) is 0 Å².